The molecule has 3 aromatic heterocycles. The largest absolute Gasteiger partial charge is 0.309 e. The van der Waals surface area contributed by atoms with Crippen LogP contribution in [0.25, 0.3) is 132 Å². The van der Waals surface area contributed by atoms with E-state index < -0.39 is 0 Å². The van der Waals surface area contributed by atoms with Gasteiger partial charge in [-0.25, -0.2) is 9.97 Å². The summed E-state index contributed by atoms with van der Waals surface area (Å²) in [6.45, 7) is 0. The lowest BCUT2D eigenvalue weighted by atomic mass is 9.99. The molecule has 0 aliphatic heterocycles. The zero-order chi connectivity index (χ0) is 40.5. The van der Waals surface area contributed by atoms with Gasteiger partial charge in [-0.2, -0.15) is 0 Å². The number of hydrogen-bond donors (Lipinski definition) is 0. The van der Waals surface area contributed by atoms with Crippen molar-refractivity contribution in [3.8, 4) is 56.3 Å². The molecule has 0 saturated heterocycles. The van der Waals surface area contributed by atoms with Gasteiger partial charge < -0.3 is 9.13 Å². The van der Waals surface area contributed by atoms with Crippen LogP contribution in [0.5, 0.6) is 0 Å². The van der Waals surface area contributed by atoms with Crippen molar-refractivity contribution < 1.29 is 0 Å². The van der Waals surface area contributed by atoms with Crippen molar-refractivity contribution in [1.82, 2.24) is 19.1 Å². The second-order valence-corrected chi connectivity index (χ2v) is 16.6. The first-order valence-electron chi connectivity index (χ1n) is 21.2. The van der Waals surface area contributed by atoms with Gasteiger partial charge in [-0.05, 0) is 117 Å². The van der Waals surface area contributed by atoms with Crippen molar-refractivity contribution in [2.75, 3.05) is 0 Å². The standard InChI is InChI=1S/C58H34N4/c1-2-12-41(13-3-1)61-51-20-9-8-16-45(51)48-33-38(25-28-52(48)61)39-26-29-53-49(34-39)55-43-14-5-4-11-35(43)24-30-54(55)62(53)42-27-23-36-31-40(22-21-37(36)32-42)58-59-50-19-10-18-46-44-15-6-7-17-47(44)57(60-58)56(46)50/h1-34H. The predicted octanol–water partition coefficient (Wildman–Crippen LogP) is 15.1. The number of aromatic nitrogens is 4. The minimum Gasteiger partial charge on any atom is -0.309 e. The van der Waals surface area contributed by atoms with E-state index in [1.165, 1.54) is 93.3 Å². The number of hydrogen-bond acceptors (Lipinski definition) is 2. The van der Waals surface area contributed by atoms with E-state index >= 15 is 0 Å². The number of rotatable bonds is 4. The van der Waals surface area contributed by atoms with Gasteiger partial charge in [-0.3, -0.25) is 0 Å². The average molecular weight is 787 g/mol. The molecule has 3 heterocycles. The van der Waals surface area contributed by atoms with Gasteiger partial charge in [0.05, 0.1) is 33.3 Å². The van der Waals surface area contributed by atoms with E-state index in [0.717, 1.165) is 39.1 Å². The quantitative estimate of drug-likeness (QED) is 0.178. The van der Waals surface area contributed by atoms with Crippen LogP contribution >= 0.6 is 0 Å². The highest BCUT2D eigenvalue weighted by Crippen LogP contribution is 2.46. The molecule has 286 valence electrons. The maximum Gasteiger partial charge on any atom is 0.160 e. The molecule has 62 heavy (non-hydrogen) atoms. The van der Waals surface area contributed by atoms with E-state index in [0.29, 0.717) is 0 Å². The van der Waals surface area contributed by atoms with Gasteiger partial charge in [-0.15, -0.1) is 0 Å². The molecule has 0 amide bonds. The van der Waals surface area contributed by atoms with Crippen LogP contribution < -0.4 is 0 Å². The Labute approximate surface area is 356 Å². The fourth-order valence-corrected chi connectivity index (χ4v) is 10.4. The molecule has 0 unspecified atom stereocenters. The maximum atomic E-state index is 5.20. The molecule has 13 aromatic rings. The third-order valence-corrected chi connectivity index (χ3v) is 13.2. The van der Waals surface area contributed by atoms with Crippen LogP contribution in [-0.4, -0.2) is 19.1 Å². The second kappa shape index (κ2) is 12.6. The zero-order valence-electron chi connectivity index (χ0n) is 33.4. The Hall–Kier alpha value is -8.34. The van der Waals surface area contributed by atoms with Crippen LogP contribution in [0.4, 0.5) is 0 Å². The molecular weight excluding hydrogens is 753 g/mol. The van der Waals surface area contributed by atoms with E-state index in [-0.39, 0.29) is 0 Å². The summed E-state index contributed by atoms with van der Waals surface area (Å²) in [6.07, 6.45) is 0. The van der Waals surface area contributed by atoms with Crippen molar-refractivity contribution in [2.45, 2.75) is 0 Å². The van der Waals surface area contributed by atoms with Crippen LogP contribution in [0.15, 0.2) is 206 Å². The van der Waals surface area contributed by atoms with Crippen molar-refractivity contribution in [3.05, 3.63) is 206 Å². The number of fused-ring (bicyclic) bond motifs is 12. The van der Waals surface area contributed by atoms with E-state index in [4.69, 9.17) is 9.97 Å². The number of nitrogens with zero attached hydrogens (tertiary/aromatic N) is 4. The van der Waals surface area contributed by atoms with Gasteiger partial charge in [-0.1, -0.05) is 133 Å². The Bertz CT molecular complexity index is 4040. The van der Waals surface area contributed by atoms with E-state index in [1.54, 1.807) is 0 Å². The van der Waals surface area contributed by atoms with Crippen LogP contribution in [-0.2, 0) is 0 Å². The van der Waals surface area contributed by atoms with Gasteiger partial charge >= 0.3 is 0 Å². The van der Waals surface area contributed by atoms with Gasteiger partial charge in [0.25, 0.3) is 0 Å². The third kappa shape index (κ3) is 4.72. The highest BCUT2D eigenvalue weighted by Gasteiger charge is 2.24. The average Bonchev–Trinajstić information content (AvgIpc) is 3.97. The summed E-state index contributed by atoms with van der Waals surface area (Å²) in [7, 11) is 0. The Morgan fingerprint density at radius 3 is 1.82 bits per heavy atom. The van der Waals surface area contributed by atoms with Crippen LogP contribution in [0.1, 0.15) is 0 Å². The van der Waals surface area contributed by atoms with Gasteiger partial charge in [0.15, 0.2) is 5.82 Å². The summed E-state index contributed by atoms with van der Waals surface area (Å²) in [4.78, 5) is 10.3. The van der Waals surface area contributed by atoms with Crippen molar-refractivity contribution in [2.24, 2.45) is 0 Å². The predicted molar refractivity (Wildman–Crippen MR) is 259 cm³/mol. The SMILES string of the molecule is c1ccc(-n2c3ccccc3c3cc(-c4ccc5c(c4)c4c6ccccc6ccc4n5-c4ccc5cc(-c6nc7c8c(cccc8n6)-c6ccccc6-7)ccc5c4)ccc32)cc1. The smallest absolute Gasteiger partial charge is 0.160 e. The Kier molecular flexibility index (Phi) is 6.80. The van der Waals surface area contributed by atoms with Gasteiger partial charge in [0, 0.05) is 49.4 Å². The Balaban J connectivity index is 0.916. The molecule has 0 radical (unpaired) electrons. The molecule has 10 aromatic carbocycles. The summed E-state index contributed by atoms with van der Waals surface area (Å²) < 4.78 is 4.82. The monoisotopic (exact) mass is 786 g/mol. The molecule has 14 rings (SSSR count). The molecule has 0 fully saturated rings. The van der Waals surface area contributed by atoms with Crippen molar-refractivity contribution >= 4 is 76.1 Å². The van der Waals surface area contributed by atoms with Gasteiger partial charge in [0.1, 0.15) is 0 Å². The van der Waals surface area contributed by atoms with Gasteiger partial charge in [0.2, 0.25) is 0 Å². The van der Waals surface area contributed by atoms with Crippen molar-refractivity contribution in [1.29, 1.82) is 0 Å². The minimum atomic E-state index is 0.749. The first-order chi connectivity index (χ1) is 30.7. The number of benzene rings is 10. The molecule has 1 aliphatic rings. The fourth-order valence-electron chi connectivity index (χ4n) is 10.4. The van der Waals surface area contributed by atoms with Crippen LogP contribution in [0.3, 0.4) is 0 Å². The first kappa shape index (κ1) is 33.5. The second-order valence-electron chi connectivity index (χ2n) is 16.6. The lowest BCUT2D eigenvalue weighted by molar-refractivity contribution is 1.18. The zero-order valence-corrected chi connectivity index (χ0v) is 33.4. The minimum absolute atomic E-state index is 0.749. The first-order valence-corrected chi connectivity index (χ1v) is 21.2. The lowest BCUT2D eigenvalue weighted by Gasteiger charge is -2.11. The number of para-hydroxylation sites is 2. The Morgan fingerprint density at radius 1 is 0.306 bits per heavy atom. The summed E-state index contributed by atoms with van der Waals surface area (Å²) in [5, 5.41) is 11.0. The van der Waals surface area contributed by atoms with E-state index in [9.17, 15) is 0 Å². The third-order valence-electron chi connectivity index (χ3n) is 13.2. The van der Waals surface area contributed by atoms with Crippen LogP contribution in [0.2, 0.25) is 0 Å². The Morgan fingerprint density at radius 2 is 0.935 bits per heavy atom. The molecule has 1 aliphatic carbocycles. The summed E-state index contributed by atoms with van der Waals surface area (Å²) >= 11 is 0. The summed E-state index contributed by atoms with van der Waals surface area (Å²) in [5.74, 6) is 0.749. The molecular formula is C58H34N4. The van der Waals surface area contributed by atoms with E-state index in [1.807, 2.05) is 0 Å². The highest BCUT2D eigenvalue weighted by molar-refractivity contribution is 6.22. The fraction of sp³-hybridized carbons (Fsp3) is 0. The topological polar surface area (TPSA) is 35.6 Å². The lowest BCUT2D eigenvalue weighted by Crippen LogP contribution is -1.95. The van der Waals surface area contributed by atoms with Crippen molar-refractivity contribution in [3.63, 3.8) is 0 Å². The molecule has 0 atom stereocenters. The normalized spacial score (nSPS) is 12.2. The summed E-state index contributed by atoms with van der Waals surface area (Å²) in [5.41, 5.74) is 16.1. The van der Waals surface area contributed by atoms with E-state index in [2.05, 4.69) is 215 Å². The maximum absolute atomic E-state index is 5.20. The molecule has 0 bridgehead atoms. The molecule has 0 spiro atoms. The highest BCUT2D eigenvalue weighted by atomic mass is 15.0. The molecule has 0 saturated carbocycles. The molecule has 4 nitrogen and oxygen atoms in total. The summed E-state index contributed by atoms with van der Waals surface area (Å²) in [6, 6.07) is 75.1. The molecule has 0 N–H and O–H groups in total. The van der Waals surface area contributed by atoms with Crippen LogP contribution in [0, 0.1) is 0 Å². The molecule has 4 heteroatoms.